The van der Waals surface area contributed by atoms with Crippen LogP contribution in [0.4, 0.5) is 0 Å². The molecule has 0 saturated heterocycles. The Morgan fingerprint density at radius 2 is 1.76 bits per heavy atom. The van der Waals surface area contributed by atoms with E-state index in [2.05, 4.69) is 0 Å². The van der Waals surface area contributed by atoms with Crippen LogP contribution in [-0.2, 0) is 23.9 Å². The molecule has 0 radical (unpaired) electrons. The lowest BCUT2D eigenvalue weighted by atomic mass is 9.78. The summed E-state index contributed by atoms with van der Waals surface area (Å²) in [5, 5.41) is 0. The second-order valence-corrected chi connectivity index (χ2v) is 5.66. The average molecular weight is 346 g/mol. The SMILES string of the molecule is CCOC(=O)[C@H]1C(C(C)=O)=C(C)OC(=O)[C@@H]1c1ccc(OCC)cc1. The summed E-state index contributed by atoms with van der Waals surface area (Å²) in [5.41, 5.74) is 0.745. The lowest BCUT2D eigenvalue weighted by Crippen LogP contribution is -2.38. The van der Waals surface area contributed by atoms with Gasteiger partial charge in [0.25, 0.3) is 0 Å². The molecule has 1 heterocycles. The molecule has 2 atom stereocenters. The Balaban J connectivity index is 2.50. The highest BCUT2D eigenvalue weighted by atomic mass is 16.5. The average Bonchev–Trinajstić information content (AvgIpc) is 2.55. The van der Waals surface area contributed by atoms with Crippen LogP contribution in [0.15, 0.2) is 35.6 Å². The van der Waals surface area contributed by atoms with Crippen LogP contribution in [0.1, 0.15) is 39.2 Å². The molecule has 0 N–H and O–H groups in total. The molecule has 1 aliphatic rings. The number of hydrogen-bond acceptors (Lipinski definition) is 6. The third-order valence-corrected chi connectivity index (χ3v) is 4.00. The molecule has 0 aliphatic carbocycles. The second-order valence-electron chi connectivity index (χ2n) is 5.66. The number of ether oxygens (including phenoxy) is 3. The van der Waals surface area contributed by atoms with Gasteiger partial charge < -0.3 is 14.2 Å². The normalized spacial score (nSPS) is 20.1. The topological polar surface area (TPSA) is 78.9 Å². The van der Waals surface area contributed by atoms with Crippen LogP contribution >= 0.6 is 0 Å². The number of allylic oxidation sites excluding steroid dienone is 1. The molecule has 0 spiro atoms. The zero-order valence-corrected chi connectivity index (χ0v) is 14.8. The van der Waals surface area contributed by atoms with Crippen LogP contribution in [0.3, 0.4) is 0 Å². The maximum Gasteiger partial charge on any atom is 0.319 e. The largest absolute Gasteiger partial charge is 0.494 e. The Labute approximate surface area is 146 Å². The number of hydrogen-bond donors (Lipinski definition) is 0. The number of cyclic esters (lactones) is 1. The molecule has 25 heavy (non-hydrogen) atoms. The van der Waals surface area contributed by atoms with Gasteiger partial charge in [-0.1, -0.05) is 12.1 Å². The highest BCUT2D eigenvalue weighted by Crippen LogP contribution is 2.39. The van der Waals surface area contributed by atoms with Crippen molar-refractivity contribution >= 4 is 17.7 Å². The number of carbonyl (C=O) groups excluding carboxylic acids is 3. The van der Waals surface area contributed by atoms with E-state index in [1.54, 1.807) is 31.2 Å². The van der Waals surface area contributed by atoms with Crippen molar-refractivity contribution in [1.29, 1.82) is 0 Å². The monoisotopic (exact) mass is 346 g/mol. The molecular weight excluding hydrogens is 324 g/mol. The van der Waals surface area contributed by atoms with Gasteiger partial charge in [0.15, 0.2) is 5.78 Å². The number of esters is 2. The van der Waals surface area contributed by atoms with E-state index in [4.69, 9.17) is 14.2 Å². The highest BCUT2D eigenvalue weighted by molar-refractivity contribution is 6.04. The first-order valence-electron chi connectivity index (χ1n) is 8.23. The molecule has 1 aromatic rings. The fourth-order valence-corrected chi connectivity index (χ4v) is 3.01. The lowest BCUT2D eigenvalue weighted by molar-refractivity contribution is -0.156. The Morgan fingerprint density at radius 3 is 2.28 bits per heavy atom. The smallest absolute Gasteiger partial charge is 0.319 e. The van der Waals surface area contributed by atoms with Crippen LogP contribution < -0.4 is 4.74 Å². The van der Waals surface area contributed by atoms with Crippen LogP contribution in [-0.4, -0.2) is 30.9 Å². The fourth-order valence-electron chi connectivity index (χ4n) is 3.01. The molecule has 0 aromatic heterocycles. The number of ketones is 1. The Kier molecular flexibility index (Phi) is 5.96. The van der Waals surface area contributed by atoms with Gasteiger partial charge in [-0.2, -0.15) is 0 Å². The molecule has 1 aliphatic heterocycles. The zero-order chi connectivity index (χ0) is 18.6. The van der Waals surface area contributed by atoms with Crippen molar-refractivity contribution in [1.82, 2.24) is 0 Å². The first kappa shape index (κ1) is 18.7. The maximum atomic E-state index is 12.5. The number of rotatable bonds is 6. The Hall–Kier alpha value is -2.63. The number of Topliss-reactive ketones (excluding diaryl/α,β-unsaturated/α-hetero) is 1. The standard InChI is InChI=1S/C19H22O6/c1-5-23-14-9-7-13(8-10-14)16-17(18(21)24-6-2)15(11(3)20)12(4)25-19(16)22/h7-10,16-17H,5-6H2,1-4H3/t16-,17+/m1/s1. The molecule has 0 saturated carbocycles. The van der Waals surface area contributed by atoms with Gasteiger partial charge in [-0.3, -0.25) is 14.4 Å². The van der Waals surface area contributed by atoms with Gasteiger partial charge in [-0.15, -0.1) is 0 Å². The summed E-state index contributed by atoms with van der Waals surface area (Å²) in [5.74, 6) is -2.65. The number of carbonyl (C=O) groups is 3. The van der Waals surface area contributed by atoms with E-state index in [1.165, 1.54) is 13.8 Å². The van der Waals surface area contributed by atoms with Crippen molar-refractivity contribution in [3.8, 4) is 5.75 Å². The molecule has 2 rings (SSSR count). The van der Waals surface area contributed by atoms with Gasteiger partial charge in [0.2, 0.25) is 0 Å². The first-order valence-corrected chi connectivity index (χ1v) is 8.23. The summed E-state index contributed by atoms with van der Waals surface area (Å²) < 4.78 is 15.8. The summed E-state index contributed by atoms with van der Waals surface area (Å²) in [6.07, 6.45) is 0. The quantitative estimate of drug-likeness (QED) is 0.737. The van der Waals surface area contributed by atoms with Crippen molar-refractivity contribution in [2.45, 2.75) is 33.6 Å². The first-order chi connectivity index (χ1) is 11.9. The van der Waals surface area contributed by atoms with Crippen LogP contribution in [0.25, 0.3) is 0 Å². The van der Waals surface area contributed by atoms with Gasteiger partial charge >= 0.3 is 11.9 Å². The van der Waals surface area contributed by atoms with E-state index in [-0.39, 0.29) is 23.7 Å². The summed E-state index contributed by atoms with van der Waals surface area (Å²) in [6.45, 7) is 7.08. The van der Waals surface area contributed by atoms with Gasteiger partial charge in [-0.25, -0.2) is 0 Å². The van der Waals surface area contributed by atoms with E-state index in [1.807, 2.05) is 6.92 Å². The van der Waals surface area contributed by atoms with E-state index in [9.17, 15) is 14.4 Å². The molecule has 0 fully saturated rings. The Morgan fingerprint density at radius 1 is 1.12 bits per heavy atom. The third kappa shape index (κ3) is 3.90. The molecule has 6 nitrogen and oxygen atoms in total. The second kappa shape index (κ2) is 7.96. The van der Waals surface area contributed by atoms with Crippen molar-refractivity contribution < 1.29 is 28.6 Å². The minimum absolute atomic E-state index is 0.151. The summed E-state index contributed by atoms with van der Waals surface area (Å²) in [6, 6.07) is 6.82. The third-order valence-electron chi connectivity index (χ3n) is 4.00. The van der Waals surface area contributed by atoms with Crippen LogP contribution in [0, 0.1) is 5.92 Å². The van der Waals surface area contributed by atoms with Gasteiger partial charge in [0, 0.05) is 5.57 Å². The maximum absolute atomic E-state index is 12.5. The molecule has 0 amide bonds. The van der Waals surface area contributed by atoms with Gasteiger partial charge in [-0.05, 0) is 45.4 Å². The summed E-state index contributed by atoms with van der Waals surface area (Å²) >= 11 is 0. The van der Waals surface area contributed by atoms with Crippen molar-refractivity contribution in [3.63, 3.8) is 0 Å². The predicted molar refractivity (Wildman–Crippen MR) is 89.9 cm³/mol. The molecule has 1 aromatic carbocycles. The van der Waals surface area contributed by atoms with Crippen LogP contribution in [0.5, 0.6) is 5.75 Å². The lowest BCUT2D eigenvalue weighted by Gasteiger charge is -2.31. The molecule has 134 valence electrons. The van der Waals surface area contributed by atoms with Crippen molar-refractivity contribution in [2.75, 3.05) is 13.2 Å². The molecule has 0 bridgehead atoms. The van der Waals surface area contributed by atoms with E-state index in [0.29, 0.717) is 17.9 Å². The molecule has 0 unspecified atom stereocenters. The summed E-state index contributed by atoms with van der Waals surface area (Å²) in [4.78, 5) is 37.1. The minimum Gasteiger partial charge on any atom is -0.494 e. The van der Waals surface area contributed by atoms with E-state index < -0.39 is 23.8 Å². The van der Waals surface area contributed by atoms with E-state index >= 15 is 0 Å². The molecule has 6 heteroatoms. The highest BCUT2D eigenvalue weighted by Gasteiger charge is 2.46. The van der Waals surface area contributed by atoms with Gasteiger partial charge in [0.1, 0.15) is 17.4 Å². The zero-order valence-electron chi connectivity index (χ0n) is 14.8. The Bertz CT molecular complexity index is 701. The minimum atomic E-state index is -1.02. The number of benzene rings is 1. The van der Waals surface area contributed by atoms with Gasteiger partial charge in [0.05, 0.1) is 19.1 Å². The fraction of sp³-hybridized carbons (Fsp3) is 0.421. The van der Waals surface area contributed by atoms with Crippen LogP contribution in [0.2, 0.25) is 0 Å². The van der Waals surface area contributed by atoms with E-state index in [0.717, 1.165) is 0 Å². The molecular formula is C19H22O6. The van der Waals surface area contributed by atoms with Crippen molar-refractivity contribution in [2.24, 2.45) is 5.92 Å². The van der Waals surface area contributed by atoms with Crippen molar-refractivity contribution in [3.05, 3.63) is 41.2 Å². The summed E-state index contributed by atoms with van der Waals surface area (Å²) in [7, 11) is 0. The predicted octanol–water partition coefficient (Wildman–Crippen LogP) is 2.77.